The third-order valence-corrected chi connectivity index (χ3v) is 1.44. The largest absolute Gasteiger partial charge is 0.383 e. The molecule has 0 aliphatic heterocycles. The van der Waals surface area contributed by atoms with Crippen LogP contribution in [0.3, 0.4) is 0 Å². The molecule has 0 rings (SSSR count). The Bertz CT molecular complexity index is 288. The number of hydrogen-bond acceptors (Lipinski definition) is 1. The minimum atomic E-state index is 2.00. The normalized spacial score (nSPS) is 12.3. The number of nitrogens with zero attached hydrogens (tertiary/aromatic N) is 2. The molecule has 0 aliphatic carbocycles. The van der Waals surface area contributed by atoms with Gasteiger partial charge in [0.05, 0.1) is 0 Å². The molecular weight excluding hydrogens is 184 g/mol. The maximum absolute atomic E-state index is 2.00. The molecule has 0 amide bonds. The third-order valence-electron chi connectivity index (χ3n) is 1.44. The Balaban J connectivity index is 3.81. The van der Waals surface area contributed by atoms with Gasteiger partial charge >= 0.3 is 0 Å². The molecule has 0 spiro atoms. The monoisotopic (exact) mass is 205 g/mol. The highest BCUT2D eigenvalue weighted by molar-refractivity contribution is 5.66. The van der Waals surface area contributed by atoms with Gasteiger partial charge in [-0.15, -0.1) is 0 Å². The van der Waals surface area contributed by atoms with Crippen LogP contribution >= 0.6 is 0 Å². The van der Waals surface area contributed by atoms with Gasteiger partial charge in [0.2, 0.25) is 0 Å². The average Bonchev–Trinajstić information content (AvgIpc) is 2.14. The van der Waals surface area contributed by atoms with E-state index in [2.05, 4.69) is 0 Å². The molecule has 0 aromatic rings. The van der Waals surface area contributed by atoms with Crippen LogP contribution in [0.2, 0.25) is 0 Å². The van der Waals surface area contributed by atoms with Crippen molar-refractivity contribution in [3.05, 3.63) is 48.7 Å². The van der Waals surface area contributed by atoms with E-state index in [0.717, 1.165) is 0 Å². The zero-order valence-corrected chi connectivity index (χ0v) is 10.1. The van der Waals surface area contributed by atoms with E-state index in [1.807, 2.05) is 92.6 Å². The molecule has 82 valence electrons. The third kappa shape index (κ3) is 12.4. The highest BCUT2D eigenvalue weighted by atomic mass is 15.0. The van der Waals surface area contributed by atoms with Crippen LogP contribution in [0, 0.1) is 0 Å². The molecule has 0 aliphatic rings. The van der Waals surface area contributed by atoms with Gasteiger partial charge in [-0.05, 0) is 12.3 Å². The Kier molecular flexibility index (Phi) is 8.06. The van der Waals surface area contributed by atoms with E-state index in [0.29, 0.717) is 0 Å². The Labute approximate surface area is 93.2 Å². The van der Waals surface area contributed by atoms with Crippen molar-refractivity contribution in [1.29, 1.82) is 0 Å². The first-order chi connectivity index (χ1) is 7.13. The lowest BCUT2D eigenvalue weighted by Crippen LogP contribution is -1.99. The van der Waals surface area contributed by atoms with Gasteiger partial charge in [-0.1, -0.05) is 30.4 Å². The second-order valence-corrected chi connectivity index (χ2v) is 3.57. The van der Waals surface area contributed by atoms with E-state index >= 15 is 0 Å². The van der Waals surface area contributed by atoms with Crippen molar-refractivity contribution in [3.8, 4) is 0 Å². The second-order valence-electron chi connectivity index (χ2n) is 3.57. The molecule has 0 N–H and O–H groups in total. The lowest BCUT2D eigenvalue weighted by Gasteiger charge is -2.00. The van der Waals surface area contributed by atoms with Crippen molar-refractivity contribution >= 4 is 6.21 Å². The summed E-state index contributed by atoms with van der Waals surface area (Å²) in [7, 11) is 8.00. The first-order valence-electron chi connectivity index (χ1n) is 4.97. The van der Waals surface area contributed by atoms with Crippen LogP contribution in [-0.2, 0) is 0 Å². The highest BCUT2D eigenvalue weighted by Crippen LogP contribution is 1.83. The van der Waals surface area contributed by atoms with Crippen molar-refractivity contribution in [2.45, 2.75) is 0 Å². The van der Waals surface area contributed by atoms with Gasteiger partial charge in [0.1, 0.15) is 14.1 Å². The van der Waals surface area contributed by atoms with E-state index in [9.17, 15) is 0 Å². The van der Waals surface area contributed by atoms with E-state index in [1.165, 1.54) is 0 Å². The molecule has 0 heterocycles. The fourth-order valence-electron chi connectivity index (χ4n) is 0.764. The maximum atomic E-state index is 2.00. The van der Waals surface area contributed by atoms with Crippen LogP contribution in [0.15, 0.2) is 48.7 Å². The van der Waals surface area contributed by atoms with Gasteiger partial charge in [-0.25, -0.2) is 4.58 Å². The lowest BCUT2D eigenvalue weighted by molar-refractivity contribution is -0.458. The molecule has 0 fully saturated rings. The smallest absolute Gasteiger partial charge is 0.162 e. The Morgan fingerprint density at radius 1 is 0.733 bits per heavy atom. The van der Waals surface area contributed by atoms with Crippen molar-refractivity contribution in [1.82, 2.24) is 4.90 Å². The van der Waals surface area contributed by atoms with Gasteiger partial charge in [0.15, 0.2) is 6.21 Å². The zero-order valence-electron chi connectivity index (χ0n) is 10.1. The molecule has 0 radical (unpaired) electrons. The first kappa shape index (κ1) is 13.4. The van der Waals surface area contributed by atoms with Gasteiger partial charge in [0, 0.05) is 20.2 Å². The fraction of sp³-hybridized carbons (Fsp3) is 0.308. The molecule has 0 aromatic heterocycles. The topological polar surface area (TPSA) is 6.25 Å². The van der Waals surface area contributed by atoms with E-state index < -0.39 is 0 Å². The average molecular weight is 205 g/mol. The number of hydrogen-bond donors (Lipinski definition) is 0. The summed E-state index contributed by atoms with van der Waals surface area (Å²) in [6.45, 7) is 0. The summed E-state index contributed by atoms with van der Waals surface area (Å²) >= 11 is 0. The van der Waals surface area contributed by atoms with Crippen LogP contribution in [0.4, 0.5) is 0 Å². The van der Waals surface area contributed by atoms with Gasteiger partial charge in [-0.2, -0.15) is 0 Å². The van der Waals surface area contributed by atoms with Crippen LogP contribution < -0.4 is 0 Å². The molecule has 2 nitrogen and oxygen atoms in total. The Hall–Kier alpha value is -1.57. The minimum absolute atomic E-state index is 2.00. The molecule has 0 bridgehead atoms. The predicted molar refractivity (Wildman–Crippen MR) is 68.4 cm³/mol. The van der Waals surface area contributed by atoms with Crippen LogP contribution in [0.25, 0.3) is 0 Å². The standard InChI is InChI=1S/C13H21N2/c1-14(2)12-10-8-6-5-7-9-11-13-15(3)4/h5-13H,1-4H3/q+1. The van der Waals surface area contributed by atoms with E-state index in [4.69, 9.17) is 0 Å². The van der Waals surface area contributed by atoms with Gasteiger partial charge in [0.25, 0.3) is 0 Å². The highest BCUT2D eigenvalue weighted by Gasteiger charge is 1.73. The summed E-state index contributed by atoms with van der Waals surface area (Å²) < 4.78 is 2.00. The molecule has 0 aromatic carbocycles. The van der Waals surface area contributed by atoms with Crippen LogP contribution in [0.5, 0.6) is 0 Å². The SMILES string of the molecule is CN(C)/C=C/C=C/C=C/C=C/C=[N+](C)C. The first-order valence-corrected chi connectivity index (χ1v) is 4.97. The maximum Gasteiger partial charge on any atom is 0.162 e. The summed E-state index contributed by atoms with van der Waals surface area (Å²) in [5.41, 5.74) is 0. The molecule has 0 atom stereocenters. The zero-order chi connectivity index (χ0) is 11.5. The summed E-state index contributed by atoms with van der Waals surface area (Å²) in [5, 5.41) is 0. The summed E-state index contributed by atoms with van der Waals surface area (Å²) in [4.78, 5) is 2.00. The molecule has 15 heavy (non-hydrogen) atoms. The Morgan fingerprint density at radius 2 is 1.20 bits per heavy atom. The summed E-state index contributed by atoms with van der Waals surface area (Å²) in [6.07, 6.45) is 18.0. The van der Waals surface area contributed by atoms with Gasteiger partial charge in [-0.3, -0.25) is 0 Å². The van der Waals surface area contributed by atoms with Crippen molar-refractivity contribution in [2.75, 3.05) is 28.2 Å². The van der Waals surface area contributed by atoms with E-state index in [-0.39, 0.29) is 0 Å². The summed E-state index contributed by atoms with van der Waals surface area (Å²) in [5.74, 6) is 0. The number of rotatable bonds is 5. The predicted octanol–water partition coefficient (Wildman–Crippen LogP) is 2.07. The van der Waals surface area contributed by atoms with Gasteiger partial charge < -0.3 is 4.90 Å². The van der Waals surface area contributed by atoms with Crippen LogP contribution in [0.1, 0.15) is 0 Å². The lowest BCUT2D eigenvalue weighted by atomic mass is 10.4. The van der Waals surface area contributed by atoms with Crippen molar-refractivity contribution in [2.24, 2.45) is 0 Å². The second kappa shape index (κ2) is 9.00. The fourth-order valence-corrected chi connectivity index (χ4v) is 0.764. The minimum Gasteiger partial charge on any atom is -0.383 e. The molecule has 0 saturated carbocycles. The van der Waals surface area contributed by atoms with Crippen molar-refractivity contribution < 1.29 is 4.58 Å². The molecule has 2 heteroatoms. The molecular formula is C13H21N2+. The summed E-state index contributed by atoms with van der Waals surface area (Å²) in [6, 6.07) is 0. The quantitative estimate of drug-likeness (QED) is 0.378. The van der Waals surface area contributed by atoms with E-state index in [1.54, 1.807) is 0 Å². The number of allylic oxidation sites excluding steroid dienone is 7. The van der Waals surface area contributed by atoms with Crippen molar-refractivity contribution in [3.63, 3.8) is 0 Å². The molecule has 0 saturated heterocycles. The van der Waals surface area contributed by atoms with Crippen LogP contribution in [-0.4, -0.2) is 43.9 Å². The Morgan fingerprint density at radius 3 is 1.67 bits per heavy atom. The molecule has 0 unspecified atom stereocenters.